The van der Waals surface area contributed by atoms with Crippen LogP contribution in [-0.2, 0) is 4.74 Å². The number of hydrogen-bond acceptors (Lipinski definition) is 4. The summed E-state index contributed by atoms with van der Waals surface area (Å²) in [4.78, 5) is 0. The fraction of sp³-hybridized carbons (Fsp3) is 0.833. The number of nitrogens with zero attached hydrogens (tertiary/aromatic N) is 1. The first kappa shape index (κ1) is 10.2. The molecule has 5 heteroatoms. The van der Waals surface area contributed by atoms with Gasteiger partial charge in [0.15, 0.2) is 0 Å². The van der Waals surface area contributed by atoms with E-state index in [1.807, 2.05) is 13.8 Å². The van der Waals surface area contributed by atoms with Gasteiger partial charge in [0.1, 0.15) is 5.84 Å². The molecule has 0 aliphatic carbocycles. The molecule has 66 valence electrons. The number of ether oxygens (including phenoxy) is 1. The fourth-order valence-electron chi connectivity index (χ4n) is 0.538. The van der Waals surface area contributed by atoms with Crippen LogP contribution in [0.25, 0.3) is 0 Å². The molecule has 0 aliphatic heterocycles. The molecule has 0 aliphatic rings. The summed E-state index contributed by atoms with van der Waals surface area (Å²) in [5.41, 5.74) is 7.51. The van der Waals surface area contributed by atoms with Gasteiger partial charge in [-0.25, -0.2) is 11.4 Å². The summed E-state index contributed by atoms with van der Waals surface area (Å²) in [6.45, 7) is 4.51. The Kier molecular flexibility index (Phi) is 5.50. The average Bonchev–Trinajstić information content (AvgIpc) is 1.87. The molecule has 0 amide bonds. The van der Waals surface area contributed by atoms with E-state index in [0.717, 1.165) is 0 Å². The lowest BCUT2D eigenvalue weighted by atomic mass is 10.4. The number of nitrogens with two attached hydrogens (primary N) is 2. The van der Waals surface area contributed by atoms with E-state index in [-0.39, 0.29) is 6.10 Å². The number of rotatable bonds is 5. The molecule has 0 rings (SSSR count). The van der Waals surface area contributed by atoms with Crippen LogP contribution in [0.1, 0.15) is 20.3 Å². The van der Waals surface area contributed by atoms with Gasteiger partial charge in [0.05, 0.1) is 12.7 Å². The Morgan fingerprint density at radius 2 is 2.27 bits per heavy atom. The van der Waals surface area contributed by atoms with Crippen molar-refractivity contribution in [1.82, 2.24) is 5.53 Å². The van der Waals surface area contributed by atoms with E-state index in [1.54, 1.807) is 0 Å². The maximum absolute atomic E-state index is 5.40. The molecule has 0 radical (unpaired) electrons. The predicted octanol–water partition coefficient (Wildman–Crippen LogP) is -0.463. The van der Waals surface area contributed by atoms with Crippen LogP contribution >= 0.6 is 0 Å². The van der Waals surface area contributed by atoms with Crippen LogP contribution in [0.3, 0.4) is 0 Å². The molecule has 0 saturated heterocycles. The van der Waals surface area contributed by atoms with Crippen LogP contribution in [-0.4, -0.2) is 18.5 Å². The molecular formula is C6H16N4O. The Balaban J connectivity index is 3.31. The van der Waals surface area contributed by atoms with Crippen LogP contribution < -0.4 is 17.1 Å². The molecule has 0 atom stereocenters. The van der Waals surface area contributed by atoms with E-state index in [1.165, 1.54) is 0 Å². The van der Waals surface area contributed by atoms with Gasteiger partial charge in [0.2, 0.25) is 0 Å². The van der Waals surface area contributed by atoms with Crippen LogP contribution in [0.2, 0.25) is 0 Å². The topological polar surface area (TPSA) is 85.7 Å². The standard InChI is InChI=1S/C6H16N4O/c1-5(2)11-4-3-6(7)9-10-8/h5,10H,3-4,8H2,1-2H3,(H2,7,9). The van der Waals surface area contributed by atoms with Gasteiger partial charge in [-0.1, -0.05) is 0 Å². The Morgan fingerprint density at radius 1 is 1.64 bits per heavy atom. The lowest BCUT2D eigenvalue weighted by Crippen LogP contribution is -2.23. The number of amidine groups is 1. The second-order valence-electron chi connectivity index (χ2n) is 2.40. The lowest BCUT2D eigenvalue weighted by molar-refractivity contribution is 0.0844. The normalized spacial score (nSPS) is 12.2. The second kappa shape index (κ2) is 5.94. The molecule has 0 unspecified atom stereocenters. The molecule has 0 heterocycles. The lowest BCUT2D eigenvalue weighted by Gasteiger charge is -2.05. The van der Waals surface area contributed by atoms with Gasteiger partial charge in [0.25, 0.3) is 0 Å². The van der Waals surface area contributed by atoms with Crippen molar-refractivity contribution in [3.63, 3.8) is 0 Å². The van der Waals surface area contributed by atoms with Crippen LogP contribution in [0, 0.1) is 0 Å². The molecule has 0 spiro atoms. The Bertz CT molecular complexity index is 124. The van der Waals surface area contributed by atoms with E-state index in [0.29, 0.717) is 18.9 Å². The Labute approximate surface area is 66.7 Å². The summed E-state index contributed by atoms with van der Waals surface area (Å²) in [7, 11) is 0. The number of hydrazone groups is 1. The molecule has 0 aromatic heterocycles. The maximum Gasteiger partial charge on any atom is 0.123 e. The molecule has 11 heavy (non-hydrogen) atoms. The summed E-state index contributed by atoms with van der Waals surface area (Å²) in [6.07, 6.45) is 0.830. The highest BCUT2D eigenvalue weighted by Crippen LogP contribution is 1.89. The quantitative estimate of drug-likeness (QED) is 0.220. The first-order valence-electron chi connectivity index (χ1n) is 3.56. The van der Waals surface area contributed by atoms with Crippen molar-refractivity contribution in [2.45, 2.75) is 26.4 Å². The highest BCUT2D eigenvalue weighted by molar-refractivity contribution is 5.80. The molecule has 5 nitrogen and oxygen atoms in total. The minimum atomic E-state index is 0.230. The van der Waals surface area contributed by atoms with Gasteiger partial charge in [-0.15, -0.1) is 0 Å². The van der Waals surface area contributed by atoms with Gasteiger partial charge in [-0.05, 0) is 13.8 Å². The molecule has 5 N–H and O–H groups in total. The fourth-order valence-corrected chi connectivity index (χ4v) is 0.538. The molecule has 0 aromatic rings. The summed E-state index contributed by atoms with van der Waals surface area (Å²) >= 11 is 0. The Hall–Kier alpha value is -0.810. The van der Waals surface area contributed by atoms with Crippen molar-refractivity contribution < 1.29 is 4.74 Å². The van der Waals surface area contributed by atoms with E-state index < -0.39 is 0 Å². The van der Waals surface area contributed by atoms with Crippen molar-refractivity contribution in [3.05, 3.63) is 0 Å². The average molecular weight is 160 g/mol. The number of hydrazine groups is 1. The largest absolute Gasteiger partial charge is 0.386 e. The number of hydrogen-bond donors (Lipinski definition) is 3. The zero-order valence-electron chi connectivity index (χ0n) is 7.00. The molecule has 0 saturated carbocycles. The third-order valence-corrected chi connectivity index (χ3v) is 1.02. The molecule has 0 bridgehead atoms. The van der Waals surface area contributed by atoms with Gasteiger partial charge in [0, 0.05) is 6.42 Å². The van der Waals surface area contributed by atoms with Crippen molar-refractivity contribution in [1.29, 1.82) is 0 Å². The van der Waals surface area contributed by atoms with Gasteiger partial charge < -0.3 is 10.5 Å². The van der Waals surface area contributed by atoms with E-state index >= 15 is 0 Å². The monoisotopic (exact) mass is 160 g/mol. The third-order valence-electron chi connectivity index (χ3n) is 1.02. The van der Waals surface area contributed by atoms with Crippen molar-refractivity contribution in [2.75, 3.05) is 6.61 Å². The molecular weight excluding hydrogens is 144 g/mol. The minimum absolute atomic E-state index is 0.230. The minimum Gasteiger partial charge on any atom is -0.386 e. The predicted molar refractivity (Wildman–Crippen MR) is 44.7 cm³/mol. The van der Waals surface area contributed by atoms with E-state index in [2.05, 4.69) is 10.6 Å². The van der Waals surface area contributed by atoms with E-state index in [9.17, 15) is 0 Å². The van der Waals surface area contributed by atoms with Crippen LogP contribution in [0.5, 0.6) is 0 Å². The van der Waals surface area contributed by atoms with Crippen molar-refractivity contribution in [3.8, 4) is 0 Å². The van der Waals surface area contributed by atoms with Crippen LogP contribution in [0.4, 0.5) is 0 Å². The second-order valence-corrected chi connectivity index (χ2v) is 2.40. The van der Waals surface area contributed by atoms with E-state index in [4.69, 9.17) is 16.3 Å². The van der Waals surface area contributed by atoms with Gasteiger partial charge >= 0.3 is 0 Å². The zero-order valence-corrected chi connectivity index (χ0v) is 7.00. The Morgan fingerprint density at radius 3 is 2.73 bits per heavy atom. The first-order chi connectivity index (χ1) is 5.16. The first-order valence-corrected chi connectivity index (χ1v) is 3.56. The highest BCUT2D eigenvalue weighted by Gasteiger charge is 1.95. The molecule has 0 fully saturated rings. The summed E-state index contributed by atoms with van der Waals surface area (Å²) in [5.74, 6) is 5.35. The van der Waals surface area contributed by atoms with Crippen LogP contribution in [0.15, 0.2) is 5.10 Å². The maximum atomic E-state index is 5.40. The van der Waals surface area contributed by atoms with Gasteiger partial charge in [-0.2, -0.15) is 5.10 Å². The van der Waals surface area contributed by atoms with Crippen molar-refractivity contribution >= 4 is 5.84 Å². The summed E-state index contributed by atoms with van der Waals surface area (Å²) < 4.78 is 5.23. The third kappa shape index (κ3) is 7.08. The zero-order chi connectivity index (χ0) is 8.69. The summed E-state index contributed by atoms with van der Waals surface area (Å²) in [5, 5.41) is 3.56. The molecule has 0 aromatic carbocycles. The van der Waals surface area contributed by atoms with Crippen molar-refractivity contribution in [2.24, 2.45) is 16.7 Å². The smallest absolute Gasteiger partial charge is 0.123 e. The number of nitrogens with one attached hydrogen (secondary N) is 1. The SMILES string of the molecule is CC(C)OCC/C(N)=N/NN. The summed E-state index contributed by atoms with van der Waals surface area (Å²) in [6, 6.07) is 0. The van der Waals surface area contributed by atoms with Gasteiger partial charge in [-0.3, -0.25) is 0 Å². The highest BCUT2D eigenvalue weighted by atomic mass is 16.5.